The summed E-state index contributed by atoms with van der Waals surface area (Å²) in [5, 5.41) is 9.25. The highest BCUT2D eigenvalue weighted by Gasteiger charge is 2.29. The number of aryl methyl sites for hydroxylation is 1. The van der Waals surface area contributed by atoms with Gasteiger partial charge in [-0.1, -0.05) is 6.07 Å². The minimum atomic E-state index is -1.43. The Morgan fingerprint density at radius 3 is 2.80 bits per heavy atom. The fourth-order valence-electron chi connectivity index (χ4n) is 2.24. The van der Waals surface area contributed by atoms with Crippen molar-refractivity contribution in [3.63, 3.8) is 0 Å². The SMILES string of the molecule is O=C(CCc1ccc(F)cc1F)N1CCC(O)C(F)C1. The molecule has 1 amide bonds. The molecule has 1 aliphatic rings. The van der Waals surface area contributed by atoms with Gasteiger partial charge in [-0.2, -0.15) is 0 Å². The van der Waals surface area contributed by atoms with E-state index < -0.39 is 23.9 Å². The maximum Gasteiger partial charge on any atom is 0.223 e. The predicted molar refractivity (Wildman–Crippen MR) is 66.8 cm³/mol. The number of benzene rings is 1. The van der Waals surface area contributed by atoms with E-state index in [2.05, 4.69) is 0 Å². The number of amides is 1. The van der Waals surface area contributed by atoms with E-state index in [1.54, 1.807) is 0 Å². The van der Waals surface area contributed by atoms with Crippen LogP contribution in [0.1, 0.15) is 18.4 Å². The molecule has 0 aliphatic carbocycles. The van der Waals surface area contributed by atoms with Crippen LogP contribution in [0.5, 0.6) is 0 Å². The number of aliphatic hydroxyl groups excluding tert-OH is 1. The van der Waals surface area contributed by atoms with Crippen LogP contribution < -0.4 is 0 Å². The van der Waals surface area contributed by atoms with Crippen LogP contribution in [0.4, 0.5) is 13.2 Å². The molecular formula is C14H16F3NO2. The Morgan fingerprint density at radius 2 is 2.15 bits per heavy atom. The number of hydrogen-bond acceptors (Lipinski definition) is 2. The molecule has 1 fully saturated rings. The molecule has 20 heavy (non-hydrogen) atoms. The summed E-state index contributed by atoms with van der Waals surface area (Å²) in [6, 6.07) is 3.21. The maximum atomic E-state index is 13.4. The lowest BCUT2D eigenvalue weighted by Gasteiger charge is -2.32. The number of rotatable bonds is 3. The average Bonchev–Trinajstić information content (AvgIpc) is 2.40. The Hall–Kier alpha value is -1.56. The summed E-state index contributed by atoms with van der Waals surface area (Å²) < 4.78 is 39.4. The van der Waals surface area contributed by atoms with Crippen LogP contribution in [-0.4, -0.2) is 41.3 Å². The molecule has 110 valence electrons. The van der Waals surface area contributed by atoms with Gasteiger partial charge >= 0.3 is 0 Å². The lowest BCUT2D eigenvalue weighted by atomic mass is 10.0. The van der Waals surface area contributed by atoms with Crippen LogP contribution in [0.25, 0.3) is 0 Å². The number of alkyl halides is 1. The molecule has 0 aromatic heterocycles. The lowest BCUT2D eigenvalue weighted by molar-refractivity contribution is -0.135. The fraction of sp³-hybridized carbons (Fsp3) is 0.500. The van der Waals surface area contributed by atoms with Crippen LogP contribution in [0.3, 0.4) is 0 Å². The third-order valence-electron chi connectivity index (χ3n) is 3.48. The summed E-state index contributed by atoms with van der Waals surface area (Å²) in [6.07, 6.45) is -2.08. The van der Waals surface area contributed by atoms with Gasteiger partial charge in [-0.15, -0.1) is 0 Å². The highest BCUT2D eigenvalue weighted by atomic mass is 19.1. The van der Waals surface area contributed by atoms with Gasteiger partial charge in [-0.25, -0.2) is 13.2 Å². The maximum absolute atomic E-state index is 13.4. The molecule has 1 heterocycles. The molecule has 0 spiro atoms. The first-order chi connectivity index (χ1) is 9.47. The molecule has 2 rings (SSSR count). The number of nitrogens with zero attached hydrogens (tertiary/aromatic N) is 1. The van der Waals surface area contributed by atoms with E-state index in [0.717, 1.165) is 12.1 Å². The zero-order valence-corrected chi connectivity index (χ0v) is 10.9. The third kappa shape index (κ3) is 3.50. The van der Waals surface area contributed by atoms with Crippen molar-refractivity contribution >= 4 is 5.91 Å². The second-order valence-corrected chi connectivity index (χ2v) is 4.95. The molecule has 3 nitrogen and oxygen atoms in total. The van der Waals surface area contributed by atoms with Crippen molar-refractivity contribution < 1.29 is 23.1 Å². The van der Waals surface area contributed by atoms with Gasteiger partial charge in [0.15, 0.2) is 0 Å². The number of likely N-dealkylation sites (tertiary alicyclic amines) is 1. The van der Waals surface area contributed by atoms with Crippen LogP contribution in [0.2, 0.25) is 0 Å². The molecular weight excluding hydrogens is 271 g/mol. The summed E-state index contributed by atoms with van der Waals surface area (Å²) in [6.45, 7) is 0.165. The number of hydrogen-bond donors (Lipinski definition) is 1. The molecule has 1 aromatic carbocycles. The van der Waals surface area contributed by atoms with Gasteiger partial charge in [0.2, 0.25) is 5.91 Å². The average molecular weight is 287 g/mol. The van der Waals surface area contributed by atoms with Gasteiger partial charge in [-0.3, -0.25) is 4.79 Å². The van der Waals surface area contributed by atoms with Crippen molar-refractivity contribution in [1.29, 1.82) is 0 Å². The van der Waals surface area contributed by atoms with Crippen LogP contribution in [0.15, 0.2) is 18.2 Å². The van der Waals surface area contributed by atoms with Crippen LogP contribution in [-0.2, 0) is 11.2 Å². The second kappa shape index (κ2) is 6.26. The Labute approximate surface area is 115 Å². The van der Waals surface area contributed by atoms with Gasteiger partial charge in [0.25, 0.3) is 0 Å². The molecule has 0 radical (unpaired) electrons. The standard InChI is InChI=1S/C14H16F3NO2/c15-10-3-1-9(11(16)7-10)2-4-14(20)18-6-5-13(19)12(17)8-18/h1,3,7,12-13,19H,2,4-6,8H2. The smallest absolute Gasteiger partial charge is 0.223 e. The molecule has 1 saturated heterocycles. The van der Waals surface area contributed by atoms with E-state index >= 15 is 0 Å². The van der Waals surface area contributed by atoms with Crippen molar-refractivity contribution in [2.45, 2.75) is 31.5 Å². The van der Waals surface area contributed by atoms with Crippen LogP contribution in [0, 0.1) is 11.6 Å². The first kappa shape index (κ1) is 14.8. The zero-order valence-electron chi connectivity index (χ0n) is 10.9. The fourth-order valence-corrected chi connectivity index (χ4v) is 2.24. The monoisotopic (exact) mass is 287 g/mol. The Morgan fingerprint density at radius 1 is 1.40 bits per heavy atom. The Balaban J connectivity index is 1.89. The van der Waals surface area contributed by atoms with Gasteiger partial charge in [0, 0.05) is 19.0 Å². The third-order valence-corrected chi connectivity index (χ3v) is 3.48. The number of carbonyl (C=O) groups excluding carboxylic acids is 1. The van der Waals surface area contributed by atoms with E-state index in [4.69, 9.17) is 0 Å². The normalized spacial score (nSPS) is 22.9. The second-order valence-electron chi connectivity index (χ2n) is 4.95. The van der Waals surface area contributed by atoms with Crippen molar-refractivity contribution in [3.05, 3.63) is 35.4 Å². The minimum Gasteiger partial charge on any atom is -0.390 e. The van der Waals surface area contributed by atoms with E-state index in [9.17, 15) is 23.1 Å². The zero-order chi connectivity index (χ0) is 14.7. The Bertz CT molecular complexity index is 495. The molecule has 0 bridgehead atoms. The van der Waals surface area contributed by atoms with Crippen molar-refractivity contribution in [3.8, 4) is 0 Å². The summed E-state index contributed by atoms with van der Waals surface area (Å²) in [7, 11) is 0. The predicted octanol–water partition coefficient (Wildman–Crippen LogP) is 1.83. The largest absolute Gasteiger partial charge is 0.390 e. The number of halogens is 3. The first-order valence-electron chi connectivity index (χ1n) is 6.51. The molecule has 6 heteroatoms. The molecule has 1 N–H and O–H groups in total. The topological polar surface area (TPSA) is 40.5 Å². The highest BCUT2D eigenvalue weighted by Crippen LogP contribution is 2.17. The van der Waals surface area contributed by atoms with E-state index in [0.29, 0.717) is 6.54 Å². The van der Waals surface area contributed by atoms with Crippen molar-refractivity contribution in [2.75, 3.05) is 13.1 Å². The van der Waals surface area contributed by atoms with Gasteiger partial charge in [0.1, 0.15) is 17.8 Å². The summed E-state index contributed by atoms with van der Waals surface area (Å²) >= 11 is 0. The molecule has 2 unspecified atom stereocenters. The lowest BCUT2D eigenvalue weighted by Crippen LogP contribution is -2.47. The first-order valence-corrected chi connectivity index (χ1v) is 6.51. The van der Waals surface area contributed by atoms with Crippen LogP contribution >= 0.6 is 0 Å². The van der Waals surface area contributed by atoms with Gasteiger partial charge in [0.05, 0.1) is 12.6 Å². The van der Waals surface area contributed by atoms with Crippen molar-refractivity contribution in [2.24, 2.45) is 0 Å². The van der Waals surface area contributed by atoms with E-state index in [-0.39, 0.29) is 37.3 Å². The van der Waals surface area contributed by atoms with Crippen molar-refractivity contribution in [1.82, 2.24) is 4.90 Å². The number of piperidine rings is 1. The van der Waals surface area contributed by atoms with Gasteiger partial charge in [-0.05, 0) is 24.5 Å². The summed E-state index contributed by atoms with van der Waals surface area (Å²) in [5.41, 5.74) is 0.258. The van der Waals surface area contributed by atoms with E-state index in [1.165, 1.54) is 11.0 Å². The quantitative estimate of drug-likeness (QED) is 0.921. The van der Waals surface area contributed by atoms with E-state index in [1.807, 2.05) is 0 Å². The molecule has 2 atom stereocenters. The molecule has 1 aliphatic heterocycles. The number of aliphatic hydroxyl groups is 1. The molecule has 0 saturated carbocycles. The van der Waals surface area contributed by atoms with Gasteiger partial charge < -0.3 is 10.0 Å². The summed E-state index contributed by atoms with van der Waals surface area (Å²) in [5.74, 6) is -1.64. The Kier molecular flexibility index (Phi) is 4.65. The highest BCUT2D eigenvalue weighted by molar-refractivity contribution is 5.76. The summed E-state index contributed by atoms with van der Waals surface area (Å²) in [4.78, 5) is 13.2. The minimum absolute atomic E-state index is 0.0331. The number of carbonyl (C=O) groups is 1. The molecule has 1 aromatic rings.